The topological polar surface area (TPSA) is 72.7 Å². The lowest BCUT2D eigenvalue weighted by Crippen LogP contribution is -2.16. The third-order valence-corrected chi connectivity index (χ3v) is 7.57. The highest BCUT2D eigenvalue weighted by molar-refractivity contribution is 8.00. The second-order valence-electron chi connectivity index (χ2n) is 6.85. The molecule has 5 rings (SSSR count). The lowest BCUT2D eigenvalue weighted by Gasteiger charge is -2.06. The number of hydrogen-bond donors (Lipinski definition) is 1. The Kier molecular flexibility index (Phi) is 6.29. The first kappa shape index (κ1) is 21.5. The van der Waals surface area contributed by atoms with E-state index in [2.05, 4.69) is 20.6 Å². The minimum Gasteiger partial charge on any atom is -0.295 e. The van der Waals surface area contributed by atoms with E-state index in [9.17, 15) is 9.18 Å². The van der Waals surface area contributed by atoms with E-state index in [0.29, 0.717) is 26.5 Å². The van der Waals surface area contributed by atoms with Crippen LogP contribution in [0.15, 0.2) is 82.5 Å². The van der Waals surface area contributed by atoms with Gasteiger partial charge in [-0.3, -0.25) is 10.1 Å². The number of thiophene rings is 1. The van der Waals surface area contributed by atoms with E-state index in [0.717, 1.165) is 16.3 Å². The second kappa shape index (κ2) is 9.65. The highest BCUT2D eigenvalue weighted by Crippen LogP contribution is 2.30. The van der Waals surface area contributed by atoms with Gasteiger partial charge in [0.25, 0.3) is 5.91 Å². The van der Waals surface area contributed by atoms with E-state index in [1.807, 2.05) is 47.8 Å². The van der Waals surface area contributed by atoms with Crippen molar-refractivity contribution >= 4 is 45.5 Å². The molecular weight excluding hydrogens is 477 g/mol. The number of carbonyl (C=O) groups is 1. The number of nitrogens with zero attached hydrogens (tertiary/aromatic N) is 4. The van der Waals surface area contributed by atoms with Crippen LogP contribution in [0.2, 0.25) is 0 Å². The van der Waals surface area contributed by atoms with Crippen molar-refractivity contribution in [2.45, 2.75) is 10.1 Å². The van der Waals surface area contributed by atoms with Gasteiger partial charge in [-0.15, -0.1) is 21.5 Å². The minimum atomic E-state index is -0.337. The minimum absolute atomic E-state index is 0.251. The summed E-state index contributed by atoms with van der Waals surface area (Å²) in [5.41, 5.74) is 2.48. The first-order valence-electron chi connectivity index (χ1n) is 9.88. The van der Waals surface area contributed by atoms with Crippen molar-refractivity contribution in [3.63, 3.8) is 0 Å². The Morgan fingerprint density at radius 2 is 1.85 bits per heavy atom. The number of anilines is 1. The van der Waals surface area contributed by atoms with Gasteiger partial charge in [0, 0.05) is 5.75 Å². The third-order valence-electron chi connectivity index (χ3n) is 4.65. The normalized spacial score (nSPS) is 10.9. The largest absolute Gasteiger partial charge is 0.295 e. The summed E-state index contributed by atoms with van der Waals surface area (Å²) < 4.78 is 16.1. The molecule has 0 aliphatic rings. The molecule has 1 N–H and O–H groups in total. The van der Waals surface area contributed by atoms with E-state index >= 15 is 0 Å². The third kappa shape index (κ3) is 4.87. The van der Waals surface area contributed by atoms with Crippen molar-refractivity contribution in [2.24, 2.45) is 0 Å². The van der Waals surface area contributed by atoms with Gasteiger partial charge in [-0.05, 0) is 41.3 Å². The van der Waals surface area contributed by atoms with Crippen molar-refractivity contribution < 1.29 is 9.18 Å². The molecule has 3 aromatic heterocycles. The number of para-hydroxylation sites is 1. The number of thioether (sulfide) groups is 1. The summed E-state index contributed by atoms with van der Waals surface area (Å²) in [7, 11) is 0. The second-order valence-corrected chi connectivity index (χ2v) is 9.99. The molecule has 0 unspecified atom stereocenters. The summed E-state index contributed by atoms with van der Waals surface area (Å²) in [6.45, 7) is 0. The molecule has 5 aromatic rings. The molecule has 0 saturated heterocycles. The maximum Gasteiger partial charge on any atom is 0.276 e. The standard InChI is InChI=1S/C23H16FN5OS3/c24-17-10-5-4-7-15(17)14-32-23-27-26-22(33-23)25-21(30)19-13-18(20-11-6-12-31-20)28-29(19)16-8-2-1-3-9-16/h1-13H,14H2,(H,25,26,30). The van der Waals surface area contributed by atoms with Crippen LogP contribution < -0.4 is 5.32 Å². The fraction of sp³-hybridized carbons (Fsp3) is 0.0435. The Morgan fingerprint density at radius 1 is 1.03 bits per heavy atom. The molecule has 0 aliphatic carbocycles. The smallest absolute Gasteiger partial charge is 0.276 e. The van der Waals surface area contributed by atoms with Crippen LogP contribution in [0.1, 0.15) is 16.1 Å². The van der Waals surface area contributed by atoms with E-state index < -0.39 is 0 Å². The first-order chi connectivity index (χ1) is 16.2. The summed E-state index contributed by atoms with van der Waals surface area (Å²) in [6, 6.07) is 21.8. The number of nitrogens with one attached hydrogen (secondary N) is 1. The Balaban J connectivity index is 1.35. The molecule has 0 saturated carbocycles. The van der Waals surface area contributed by atoms with Crippen molar-refractivity contribution in [2.75, 3.05) is 5.32 Å². The number of carbonyl (C=O) groups excluding carboxylic acids is 1. The van der Waals surface area contributed by atoms with Crippen LogP contribution in [0, 0.1) is 5.82 Å². The molecule has 6 nitrogen and oxygen atoms in total. The fourth-order valence-electron chi connectivity index (χ4n) is 3.09. The summed E-state index contributed by atoms with van der Waals surface area (Å²) in [5.74, 6) is -0.157. The maximum absolute atomic E-state index is 13.8. The van der Waals surface area contributed by atoms with E-state index in [4.69, 9.17) is 0 Å². The van der Waals surface area contributed by atoms with Gasteiger partial charge in [0.15, 0.2) is 4.34 Å². The predicted octanol–water partition coefficient (Wildman–Crippen LogP) is 6.14. The summed E-state index contributed by atoms with van der Waals surface area (Å²) in [5, 5.41) is 18.0. The van der Waals surface area contributed by atoms with Crippen LogP contribution in [0.5, 0.6) is 0 Å². The molecule has 0 atom stereocenters. The first-order valence-corrected chi connectivity index (χ1v) is 12.6. The van der Waals surface area contributed by atoms with E-state index in [1.54, 1.807) is 40.3 Å². The van der Waals surface area contributed by atoms with Crippen LogP contribution in [0.3, 0.4) is 0 Å². The molecule has 0 spiro atoms. The molecule has 10 heteroatoms. The number of amides is 1. The van der Waals surface area contributed by atoms with Crippen LogP contribution in [-0.2, 0) is 5.75 Å². The van der Waals surface area contributed by atoms with Crippen molar-refractivity contribution in [3.05, 3.63) is 95.3 Å². The van der Waals surface area contributed by atoms with Crippen LogP contribution >= 0.6 is 34.4 Å². The highest BCUT2D eigenvalue weighted by Gasteiger charge is 2.20. The Morgan fingerprint density at radius 3 is 2.64 bits per heavy atom. The van der Waals surface area contributed by atoms with E-state index in [1.165, 1.54) is 29.2 Å². The Hall–Kier alpha value is -3.34. The average Bonchev–Trinajstić information content (AvgIpc) is 3.60. The number of hydrogen-bond acceptors (Lipinski definition) is 7. The lowest BCUT2D eigenvalue weighted by molar-refractivity contribution is 0.101. The van der Waals surface area contributed by atoms with Crippen molar-refractivity contribution in [1.82, 2.24) is 20.0 Å². The van der Waals surface area contributed by atoms with Crippen molar-refractivity contribution in [3.8, 4) is 16.3 Å². The molecule has 33 heavy (non-hydrogen) atoms. The molecule has 0 bridgehead atoms. The van der Waals surface area contributed by atoms with Gasteiger partial charge in [0.2, 0.25) is 5.13 Å². The van der Waals surface area contributed by atoms with Gasteiger partial charge >= 0.3 is 0 Å². The van der Waals surface area contributed by atoms with Crippen molar-refractivity contribution in [1.29, 1.82) is 0 Å². The molecule has 0 aliphatic heterocycles. The van der Waals surface area contributed by atoms with E-state index in [-0.39, 0.29) is 11.7 Å². The fourth-order valence-corrected chi connectivity index (χ4v) is 5.50. The SMILES string of the molecule is O=C(Nc1nnc(SCc2ccccc2F)s1)c1cc(-c2cccs2)nn1-c1ccccc1. The monoisotopic (exact) mass is 493 g/mol. The molecule has 0 fully saturated rings. The summed E-state index contributed by atoms with van der Waals surface area (Å²) in [6.07, 6.45) is 0. The number of rotatable bonds is 7. The van der Waals surface area contributed by atoms with Crippen LogP contribution in [-0.4, -0.2) is 25.9 Å². The Bertz CT molecular complexity index is 1380. The summed E-state index contributed by atoms with van der Waals surface area (Å²) >= 11 is 4.18. The highest BCUT2D eigenvalue weighted by atomic mass is 32.2. The van der Waals surface area contributed by atoms with Gasteiger partial charge in [-0.2, -0.15) is 5.10 Å². The average molecular weight is 494 g/mol. The maximum atomic E-state index is 13.8. The zero-order valence-corrected chi connectivity index (χ0v) is 19.5. The van der Waals surface area contributed by atoms with Gasteiger partial charge in [-0.25, -0.2) is 9.07 Å². The number of benzene rings is 2. The molecule has 3 heterocycles. The predicted molar refractivity (Wildman–Crippen MR) is 131 cm³/mol. The molecule has 2 aromatic carbocycles. The van der Waals surface area contributed by atoms with Gasteiger partial charge < -0.3 is 0 Å². The summed E-state index contributed by atoms with van der Waals surface area (Å²) in [4.78, 5) is 14.1. The van der Waals surface area contributed by atoms with Gasteiger partial charge in [0.05, 0.1) is 10.6 Å². The lowest BCUT2D eigenvalue weighted by atomic mass is 10.2. The molecule has 1 amide bonds. The zero-order valence-electron chi connectivity index (χ0n) is 17.0. The van der Waals surface area contributed by atoms with Crippen LogP contribution in [0.4, 0.5) is 9.52 Å². The van der Waals surface area contributed by atoms with Crippen LogP contribution in [0.25, 0.3) is 16.3 Å². The quantitative estimate of drug-likeness (QED) is 0.218. The number of aromatic nitrogens is 4. The molecule has 0 radical (unpaired) electrons. The van der Waals surface area contributed by atoms with Gasteiger partial charge in [0.1, 0.15) is 17.2 Å². The van der Waals surface area contributed by atoms with Gasteiger partial charge in [-0.1, -0.05) is 65.6 Å². The Labute approximate surface area is 201 Å². The zero-order chi connectivity index (χ0) is 22.6. The molecular formula is C23H16FN5OS3. The number of halogens is 1. The molecule has 164 valence electrons.